The molecule has 68 valence electrons. The van der Waals surface area contributed by atoms with Crippen LogP contribution in [0.2, 0.25) is 0 Å². The van der Waals surface area contributed by atoms with E-state index in [9.17, 15) is 4.79 Å². The summed E-state index contributed by atoms with van der Waals surface area (Å²) in [6.07, 6.45) is 6.00. The van der Waals surface area contributed by atoms with Crippen LogP contribution < -0.4 is 0 Å². The number of hydrogen-bond acceptors (Lipinski definition) is 1. The van der Waals surface area contributed by atoms with Crippen LogP contribution in [0.5, 0.6) is 0 Å². The van der Waals surface area contributed by atoms with Gasteiger partial charge in [0.05, 0.1) is 5.41 Å². The summed E-state index contributed by atoms with van der Waals surface area (Å²) >= 11 is 0. The fourth-order valence-electron chi connectivity index (χ4n) is 1.95. The summed E-state index contributed by atoms with van der Waals surface area (Å²) < 4.78 is 0. The average Bonchev–Trinajstić information content (AvgIpc) is 2.54. The average molecular weight is 168 g/mol. The summed E-state index contributed by atoms with van der Waals surface area (Å²) in [6, 6.07) is 0. The number of aliphatic carboxylic acids is 1. The Morgan fingerprint density at radius 2 is 2.08 bits per heavy atom. The van der Waals surface area contributed by atoms with Crippen molar-refractivity contribution in [2.45, 2.75) is 32.6 Å². The maximum Gasteiger partial charge on any atom is 0.313 e. The minimum Gasteiger partial charge on any atom is -0.481 e. The molecule has 1 aliphatic rings. The van der Waals surface area contributed by atoms with E-state index in [-0.39, 0.29) is 0 Å². The van der Waals surface area contributed by atoms with Gasteiger partial charge in [-0.15, -0.1) is 6.58 Å². The quantitative estimate of drug-likeness (QED) is 0.657. The van der Waals surface area contributed by atoms with Crippen LogP contribution >= 0.6 is 0 Å². The molecule has 1 saturated carbocycles. The second-order valence-electron chi connectivity index (χ2n) is 3.77. The minimum absolute atomic E-state index is 0.299. The largest absolute Gasteiger partial charge is 0.481 e. The normalized spacial score (nSPS) is 23.4. The Morgan fingerprint density at radius 3 is 2.42 bits per heavy atom. The maximum atomic E-state index is 11.0. The van der Waals surface area contributed by atoms with Crippen molar-refractivity contribution in [1.29, 1.82) is 0 Å². The Morgan fingerprint density at radius 1 is 1.58 bits per heavy atom. The van der Waals surface area contributed by atoms with E-state index in [1.165, 1.54) is 12.8 Å². The van der Waals surface area contributed by atoms with Gasteiger partial charge in [-0.3, -0.25) is 4.79 Å². The Labute approximate surface area is 73.3 Å². The van der Waals surface area contributed by atoms with Crippen molar-refractivity contribution in [3.05, 3.63) is 12.7 Å². The second kappa shape index (κ2) is 3.30. The Hall–Kier alpha value is -0.790. The number of carbonyl (C=O) groups is 1. The molecule has 1 unspecified atom stereocenters. The zero-order chi connectivity index (χ0) is 9.19. The molecule has 0 saturated heterocycles. The molecule has 1 rings (SSSR count). The van der Waals surface area contributed by atoms with Crippen molar-refractivity contribution in [2.75, 3.05) is 0 Å². The van der Waals surface area contributed by atoms with Crippen LogP contribution in [0.3, 0.4) is 0 Å². The van der Waals surface area contributed by atoms with Gasteiger partial charge in [-0.05, 0) is 25.7 Å². The van der Waals surface area contributed by atoms with E-state index in [1.54, 1.807) is 13.0 Å². The van der Waals surface area contributed by atoms with Crippen molar-refractivity contribution >= 4 is 5.97 Å². The predicted octanol–water partition coefficient (Wildman–Crippen LogP) is 2.45. The molecule has 1 N–H and O–H groups in total. The molecule has 1 aliphatic carbocycles. The van der Waals surface area contributed by atoms with Crippen molar-refractivity contribution in [3.63, 3.8) is 0 Å². The number of rotatable bonds is 3. The molecule has 2 heteroatoms. The van der Waals surface area contributed by atoms with Gasteiger partial charge in [0.15, 0.2) is 0 Å². The zero-order valence-corrected chi connectivity index (χ0v) is 7.55. The van der Waals surface area contributed by atoms with Crippen LogP contribution in [-0.2, 0) is 4.79 Å². The van der Waals surface area contributed by atoms with E-state index in [1.807, 2.05) is 0 Å². The van der Waals surface area contributed by atoms with Gasteiger partial charge in [-0.1, -0.05) is 18.9 Å². The molecule has 1 fully saturated rings. The van der Waals surface area contributed by atoms with E-state index in [4.69, 9.17) is 5.11 Å². The highest BCUT2D eigenvalue weighted by Crippen LogP contribution is 2.40. The van der Waals surface area contributed by atoms with Crippen LogP contribution in [0, 0.1) is 11.3 Å². The molecular formula is C10H16O2. The Bertz CT molecular complexity index is 192. The third-order valence-corrected chi connectivity index (χ3v) is 3.09. The van der Waals surface area contributed by atoms with Crippen molar-refractivity contribution in [1.82, 2.24) is 0 Å². The lowest BCUT2D eigenvalue weighted by atomic mass is 9.76. The molecule has 0 aromatic rings. The van der Waals surface area contributed by atoms with Crippen LogP contribution in [0.25, 0.3) is 0 Å². The maximum absolute atomic E-state index is 11.0. The standard InChI is InChI=1S/C10H16O2/c1-3-10(2,9(11)12)8-6-4-5-7-8/h3,8H,1,4-7H2,2H3,(H,11,12). The Kier molecular flexibility index (Phi) is 2.55. The highest BCUT2D eigenvalue weighted by Gasteiger charge is 2.39. The van der Waals surface area contributed by atoms with E-state index in [0.29, 0.717) is 5.92 Å². The molecule has 0 aliphatic heterocycles. The molecular weight excluding hydrogens is 152 g/mol. The lowest BCUT2D eigenvalue weighted by Crippen LogP contribution is -2.32. The van der Waals surface area contributed by atoms with E-state index in [2.05, 4.69) is 6.58 Å². The van der Waals surface area contributed by atoms with E-state index < -0.39 is 11.4 Å². The van der Waals surface area contributed by atoms with E-state index >= 15 is 0 Å². The minimum atomic E-state index is -0.732. The molecule has 0 amide bonds. The van der Waals surface area contributed by atoms with Gasteiger partial charge >= 0.3 is 5.97 Å². The molecule has 12 heavy (non-hydrogen) atoms. The summed E-state index contributed by atoms with van der Waals surface area (Å²) in [4.78, 5) is 11.0. The lowest BCUT2D eigenvalue weighted by molar-refractivity contribution is -0.147. The summed E-state index contributed by atoms with van der Waals surface area (Å²) in [6.45, 7) is 5.39. The lowest BCUT2D eigenvalue weighted by Gasteiger charge is -2.27. The first-order valence-electron chi connectivity index (χ1n) is 4.48. The topological polar surface area (TPSA) is 37.3 Å². The molecule has 0 radical (unpaired) electrons. The van der Waals surface area contributed by atoms with Crippen LogP contribution in [0.4, 0.5) is 0 Å². The smallest absolute Gasteiger partial charge is 0.313 e. The molecule has 2 nitrogen and oxygen atoms in total. The summed E-state index contributed by atoms with van der Waals surface area (Å²) in [7, 11) is 0. The SMILES string of the molecule is C=CC(C)(C(=O)O)C1CCCC1. The van der Waals surface area contributed by atoms with Crippen molar-refractivity contribution in [3.8, 4) is 0 Å². The zero-order valence-electron chi connectivity index (χ0n) is 7.55. The van der Waals surface area contributed by atoms with Crippen LogP contribution in [-0.4, -0.2) is 11.1 Å². The fourth-order valence-corrected chi connectivity index (χ4v) is 1.95. The number of hydrogen-bond donors (Lipinski definition) is 1. The summed E-state index contributed by atoms with van der Waals surface area (Å²) in [5, 5.41) is 9.02. The van der Waals surface area contributed by atoms with Gasteiger partial charge in [0.25, 0.3) is 0 Å². The molecule has 1 atom stereocenters. The van der Waals surface area contributed by atoms with Crippen molar-refractivity contribution in [2.24, 2.45) is 11.3 Å². The first-order valence-corrected chi connectivity index (χ1v) is 4.48. The van der Waals surface area contributed by atoms with Gasteiger partial charge in [0, 0.05) is 0 Å². The van der Waals surface area contributed by atoms with Gasteiger partial charge in [0.1, 0.15) is 0 Å². The monoisotopic (exact) mass is 168 g/mol. The third-order valence-electron chi connectivity index (χ3n) is 3.09. The highest BCUT2D eigenvalue weighted by molar-refractivity contribution is 5.76. The number of carboxylic acid groups (broad SMARTS) is 1. The molecule has 0 heterocycles. The van der Waals surface area contributed by atoms with Gasteiger partial charge < -0.3 is 5.11 Å². The number of carboxylic acids is 1. The first kappa shape index (κ1) is 9.30. The van der Waals surface area contributed by atoms with Crippen LogP contribution in [0.1, 0.15) is 32.6 Å². The summed E-state index contributed by atoms with van der Waals surface area (Å²) in [5.74, 6) is -0.433. The first-order chi connectivity index (χ1) is 5.61. The van der Waals surface area contributed by atoms with Gasteiger partial charge in [0.2, 0.25) is 0 Å². The third kappa shape index (κ3) is 1.38. The predicted molar refractivity (Wildman–Crippen MR) is 47.9 cm³/mol. The van der Waals surface area contributed by atoms with Gasteiger partial charge in [-0.25, -0.2) is 0 Å². The molecule has 0 spiro atoms. The van der Waals surface area contributed by atoms with Gasteiger partial charge in [-0.2, -0.15) is 0 Å². The Balaban J connectivity index is 2.77. The fraction of sp³-hybridized carbons (Fsp3) is 0.700. The van der Waals surface area contributed by atoms with E-state index in [0.717, 1.165) is 12.8 Å². The molecule has 0 aromatic heterocycles. The second-order valence-corrected chi connectivity index (χ2v) is 3.77. The van der Waals surface area contributed by atoms with Crippen LogP contribution in [0.15, 0.2) is 12.7 Å². The van der Waals surface area contributed by atoms with Crippen molar-refractivity contribution < 1.29 is 9.90 Å². The summed E-state index contributed by atoms with van der Waals surface area (Å²) in [5.41, 5.74) is -0.698. The molecule has 0 bridgehead atoms. The molecule has 0 aromatic carbocycles. The highest BCUT2D eigenvalue weighted by atomic mass is 16.4.